The summed E-state index contributed by atoms with van der Waals surface area (Å²) in [6, 6.07) is 14.3. The largest absolute Gasteiger partial charge is 0.497 e. The predicted octanol–water partition coefficient (Wildman–Crippen LogP) is 1.47. The molecule has 0 aliphatic heterocycles. The van der Waals surface area contributed by atoms with E-state index in [9.17, 15) is 9.59 Å². The summed E-state index contributed by atoms with van der Waals surface area (Å²) in [5.41, 5.74) is 3.71. The van der Waals surface area contributed by atoms with E-state index in [1.807, 2.05) is 12.1 Å². The van der Waals surface area contributed by atoms with Crippen molar-refractivity contribution >= 4 is 18.0 Å². The van der Waals surface area contributed by atoms with Gasteiger partial charge in [0, 0.05) is 12.1 Å². The molecule has 0 fully saturated rings. The molecule has 0 radical (unpaired) electrons. The van der Waals surface area contributed by atoms with Crippen molar-refractivity contribution in [3.8, 4) is 11.5 Å². The number of hydrogen-bond donors (Lipinski definition) is 2. The molecule has 0 aromatic heterocycles. The fourth-order valence-corrected chi connectivity index (χ4v) is 1.99. The highest BCUT2D eigenvalue weighted by molar-refractivity contribution is 6.35. The van der Waals surface area contributed by atoms with E-state index in [-0.39, 0.29) is 6.54 Å². The number of ether oxygens (including phenoxy) is 2. The fraction of sp³-hybridized carbons (Fsp3) is 0.167. The first kappa shape index (κ1) is 18.0. The molecule has 0 saturated heterocycles. The van der Waals surface area contributed by atoms with Crippen LogP contribution in [0, 0.1) is 0 Å². The SMILES string of the molecule is COc1ccc(CNC(=O)C(=O)N/N=C/c2ccccc2OC)cc1. The molecule has 7 nitrogen and oxygen atoms in total. The molecule has 0 heterocycles. The van der Waals surface area contributed by atoms with Crippen LogP contribution in [-0.4, -0.2) is 32.2 Å². The first-order chi connectivity index (χ1) is 12.1. The number of hydrazone groups is 1. The highest BCUT2D eigenvalue weighted by Gasteiger charge is 2.12. The molecule has 2 rings (SSSR count). The molecule has 0 aliphatic carbocycles. The molecule has 0 saturated carbocycles. The molecule has 0 atom stereocenters. The van der Waals surface area contributed by atoms with Gasteiger partial charge in [0.25, 0.3) is 0 Å². The maximum Gasteiger partial charge on any atom is 0.329 e. The first-order valence-corrected chi connectivity index (χ1v) is 7.51. The third kappa shape index (κ3) is 5.35. The van der Waals surface area contributed by atoms with E-state index in [0.29, 0.717) is 11.3 Å². The number of amides is 2. The number of carbonyl (C=O) groups is 2. The van der Waals surface area contributed by atoms with E-state index >= 15 is 0 Å². The lowest BCUT2D eigenvalue weighted by atomic mass is 10.2. The van der Waals surface area contributed by atoms with E-state index in [1.165, 1.54) is 13.3 Å². The highest BCUT2D eigenvalue weighted by atomic mass is 16.5. The van der Waals surface area contributed by atoms with E-state index < -0.39 is 11.8 Å². The van der Waals surface area contributed by atoms with Crippen LogP contribution in [0.2, 0.25) is 0 Å². The lowest BCUT2D eigenvalue weighted by molar-refractivity contribution is -0.139. The van der Waals surface area contributed by atoms with Crippen LogP contribution in [0.3, 0.4) is 0 Å². The summed E-state index contributed by atoms with van der Waals surface area (Å²) in [6.07, 6.45) is 1.41. The monoisotopic (exact) mass is 341 g/mol. The molecular weight excluding hydrogens is 322 g/mol. The minimum atomic E-state index is -0.848. The Balaban J connectivity index is 1.83. The molecular formula is C18H19N3O4. The fourth-order valence-electron chi connectivity index (χ4n) is 1.99. The van der Waals surface area contributed by atoms with Gasteiger partial charge in [0.05, 0.1) is 20.4 Å². The zero-order chi connectivity index (χ0) is 18.1. The second-order valence-electron chi connectivity index (χ2n) is 4.97. The number of carbonyl (C=O) groups excluding carboxylic acids is 2. The van der Waals surface area contributed by atoms with Crippen molar-refractivity contribution in [2.45, 2.75) is 6.54 Å². The number of rotatable bonds is 6. The number of benzene rings is 2. The Morgan fingerprint density at radius 1 is 1.00 bits per heavy atom. The van der Waals surface area contributed by atoms with Gasteiger partial charge in [-0.3, -0.25) is 9.59 Å². The van der Waals surface area contributed by atoms with Crippen LogP contribution in [0.25, 0.3) is 0 Å². The lowest BCUT2D eigenvalue weighted by Crippen LogP contribution is -2.37. The van der Waals surface area contributed by atoms with Gasteiger partial charge in [0.1, 0.15) is 11.5 Å². The van der Waals surface area contributed by atoms with Crippen molar-refractivity contribution in [1.29, 1.82) is 0 Å². The summed E-state index contributed by atoms with van der Waals surface area (Å²) in [7, 11) is 3.12. The molecule has 7 heteroatoms. The minimum Gasteiger partial charge on any atom is -0.497 e. The van der Waals surface area contributed by atoms with Crippen molar-refractivity contribution in [1.82, 2.24) is 10.7 Å². The maximum atomic E-state index is 11.8. The van der Waals surface area contributed by atoms with E-state index in [0.717, 1.165) is 11.3 Å². The van der Waals surface area contributed by atoms with Gasteiger partial charge < -0.3 is 14.8 Å². The highest BCUT2D eigenvalue weighted by Crippen LogP contribution is 2.14. The number of para-hydroxylation sites is 1. The van der Waals surface area contributed by atoms with Crippen LogP contribution >= 0.6 is 0 Å². The lowest BCUT2D eigenvalue weighted by Gasteiger charge is -2.05. The van der Waals surface area contributed by atoms with E-state index in [2.05, 4.69) is 15.8 Å². The zero-order valence-electron chi connectivity index (χ0n) is 14.0. The second-order valence-corrected chi connectivity index (χ2v) is 4.97. The minimum absolute atomic E-state index is 0.229. The number of methoxy groups -OCH3 is 2. The van der Waals surface area contributed by atoms with Gasteiger partial charge in [-0.2, -0.15) is 5.10 Å². The second kappa shape index (κ2) is 9.07. The standard InChI is InChI=1S/C18H19N3O4/c1-24-15-9-7-13(8-10-15)11-19-17(22)18(23)21-20-12-14-5-3-4-6-16(14)25-2/h3-10,12H,11H2,1-2H3,(H,19,22)(H,21,23)/b20-12+. The van der Waals surface area contributed by atoms with Crippen LogP contribution in [0.15, 0.2) is 53.6 Å². The van der Waals surface area contributed by atoms with Gasteiger partial charge >= 0.3 is 11.8 Å². The molecule has 2 amide bonds. The Hall–Kier alpha value is -3.35. The normalized spacial score (nSPS) is 10.3. The van der Waals surface area contributed by atoms with Crippen molar-refractivity contribution in [2.75, 3.05) is 14.2 Å². The van der Waals surface area contributed by atoms with Crippen molar-refractivity contribution in [2.24, 2.45) is 5.10 Å². The van der Waals surface area contributed by atoms with Gasteiger partial charge in [-0.15, -0.1) is 0 Å². The number of nitrogens with zero attached hydrogens (tertiary/aromatic N) is 1. The predicted molar refractivity (Wildman–Crippen MR) is 93.6 cm³/mol. The summed E-state index contributed by atoms with van der Waals surface area (Å²) in [5, 5.41) is 6.28. The molecule has 0 unspecified atom stereocenters. The summed E-state index contributed by atoms with van der Waals surface area (Å²) in [4.78, 5) is 23.5. The van der Waals surface area contributed by atoms with Gasteiger partial charge in [-0.1, -0.05) is 24.3 Å². The third-order valence-electron chi connectivity index (χ3n) is 3.33. The average Bonchev–Trinajstić information content (AvgIpc) is 2.66. The molecule has 130 valence electrons. The van der Waals surface area contributed by atoms with Crippen molar-refractivity contribution in [3.63, 3.8) is 0 Å². The zero-order valence-corrected chi connectivity index (χ0v) is 14.0. The van der Waals surface area contributed by atoms with Gasteiger partial charge in [0.15, 0.2) is 0 Å². The third-order valence-corrected chi connectivity index (χ3v) is 3.33. The summed E-state index contributed by atoms with van der Waals surface area (Å²) >= 11 is 0. The average molecular weight is 341 g/mol. The van der Waals surface area contributed by atoms with Gasteiger partial charge in [-0.25, -0.2) is 5.43 Å². The summed E-state index contributed by atoms with van der Waals surface area (Å²) < 4.78 is 10.2. The Kier molecular flexibility index (Phi) is 6.53. The summed E-state index contributed by atoms with van der Waals surface area (Å²) in [6.45, 7) is 0.229. The Bertz CT molecular complexity index is 757. The number of hydrogen-bond acceptors (Lipinski definition) is 5. The van der Waals surface area contributed by atoms with Crippen LogP contribution in [0.5, 0.6) is 11.5 Å². The maximum absolute atomic E-state index is 11.8. The van der Waals surface area contributed by atoms with Crippen LogP contribution < -0.4 is 20.2 Å². The molecule has 2 aromatic rings. The molecule has 2 aromatic carbocycles. The molecule has 0 spiro atoms. The van der Waals surface area contributed by atoms with Crippen LogP contribution in [-0.2, 0) is 16.1 Å². The van der Waals surface area contributed by atoms with Gasteiger partial charge in [-0.05, 0) is 29.8 Å². The van der Waals surface area contributed by atoms with Crippen molar-refractivity contribution in [3.05, 3.63) is 59.7 Å². The quantitative estimate of drug-likeness (QED) is 0.473. The molecule has 0 aliphatic rings. The topological polar surface area (TPSA) is 89.0 Å². The molecule has 0 bridgehead atoms. The summed E-state index contributed by atoms with van der Waals surface area (Å²) in [5.74, 6) is -0.282. The van der Waals surface area contributed by atoms with E-state index in [1.54, 1.807) is 43.5 Å². The number of nitrogens with one attached hydrogen (secondary N) is 2. The smallest absolute Gasteiger partial charge is 0.329 e. The van der Waals surface area contributed by atoms with Crippen LogP contribution in [0.4, 0.5) is 0 Å². The van der Waals surface area contributed by atoms with Crippen molar-refractivity contribution < 1.29 is 19.1 Å². The van der Waals surface area contributed by atoms with Gasteiger partial charge in [0.2, 0.25) is 0 Å². The molecule has 2 N–H and O–H groups in total. The Morgan fingerprint density at radius 3 is 2.40 bits per heavy atom. The van der Waals surface area contributed by atoms with Crippen LogP contribution in [0.1, 0.15) is 11.1 Å². The Labute approximate surface area is 145 Å². The Morgan fingerprint density at radius 2 is 1.72 bits per heavy atom. The van der Waals surface area contributed by atoms with E-state index in [4.69, 9.17) is 9.47 Å². The molecule has 25 heavy (non-hydrogen) atoms. The first-order valence-electron chi connectivity index (χ1n) is 7.51.